The SMILES string of the molecule is NCCc1cn(-c2ccc3c(c2C(=O)O)OB(O)CC3)nn1. The lowest BCUT2D eigenvalue weighted by Crippen LogP contribution is -2.28. The molecule has 114 valence electrons. The first kappa shape index (κ1) is 14.5. The smallest absolute Gasteiger partial charge is 0.522 e. The van der Waals surface area contributed by atoms with Crippen molar-refractivity contribution in [1.29, 1.82) is 0 Å². The molecule has 0 amide bonds. The second-order valence-electron chi connectivity index (χ2n) is 5.06. The molecular formula is C13H15BN4O4. The molecule has 22 heavy (non-hydrogen) atoms. The predicted octanol–water partition coefficient (Wildman–Crippen LogP) is -0.118. The van der Waals surface area contributed by atoms with Gasteiger partial charge >= 0.3 is 13.1 Å². The third-order valence-electron chi connectivity index (χ3n) is 3.53. The van der Waals surface area contributed by atoms with Gasteiger partial charge in [-0.25, -0.2) is 9.48 Å². The van der Waals surface area contributed by atoms with E-state index in [0.29, 0.717) is 37.1 Å². The average Bonchev–Trinajstić information content (AvgIpc) is 2.94. The number of aromatic nitrogens is 3. The maximum absolute atomic E-state index is 11.7. The lowest BCUT2D eigenvalue weighted by Gasteiger charge is -2.22. The number of nitrogens with two attached hydrogens (primary N) is 1. The summed E-state index contributed by atoms with van der Waals surface area (Å²) in [6.07, 6.45) is 3.20. The van der Waals surface area contributed by atoms with Crippen LogP contribution in [0.4, 0.5) is 0 Å². The lowest BCUT2D eigenvalue weighted by atomic mass is 9.78. The minimum atomic E-state index is -1.14. The standard InChI is InChI=1S/C13H15BN4O4/c15-6-4-9-7-18(17-16-9)10-2-1-8-3-5-14(21)22-12(8)11(10)13(19)20/h1-2,7,21H,3-6,15H2,(H,19,20). The average molecular weight is 302 g/mol. The predicted molar refractivity (Wildman–Crippen MR) is 78.2 cm³/mol. The maximum atomic E-state index is 11.7. The molecule has 0 bridgehead atoms. The second kappa shape index (κ2) is 5.78. The first-order valence-corrected chi connectivity index (χ1v) is 6.95. The van der Waals surface area contributed by atoms with Gasteiger partial charge in [-0.3, -0.25) is 0 Å². The van der Waals surface area contributed by atoms with E-state index in [0.717, 1.165) is 5.56 Å². The Morgan fingerprint density at radius 3 is 3.05 bits per heavy atom. The molecule has 8 nitrogen and oxygen atoms in total. The highest BCUT2D eigenvalue weighted by Gasteiger charge is 2.30. The fraction of sp³-hybridized carbons (Fsp3) is 0.308. The molecule has 2 heterocycles. The number of fused-ring (bicyclic) bond motifs is 1. The Morgan fingerprint density at radius 1 is 1.50 bits per heavy atom. The van der Waals surface area contributed by atoms with Crippen molar-refractivity contribution < 1.29 is 19.6 Å². The van der Waals surface area contributed by atoms with E-state index in [4.69, 9.17) is 10.4 Å². The van der Waals surface area contributed by atoms with Gasteiger partial charge < -0.3 is 20.5 Å². The minimum Gasteiger partial charge on any atom is -0.535 e. The van der Waals surface area contributed by atoms with Gasteiger partial charge in [0.1, 0.15) is 11.3 Å². The van der Waals surface area contributed by atoms with Crippen molar-refractivity contribution in [3.63, 3.8) is 0 Å². The summed E-state index contributed by atoms with van der Waals surface area (Å²) >= 11 is 0. The van der Waals surface area contributed by atoms with E-state index in [1.54, 1.807) is 18.3 Å². The Bertz CT molecular complexity index is 718. The third-order valence-corrected chi connectivity index (χ3v) is 3.53. The van der Waals surface area contributed by atoms with Crippen molar-refractivity contribution in [3.8, 4) is 11.4 Å². The van der Waals surface area contributed by atoms with Crippen molar-refractivity contribution >= 4 is 13.1 Å². The highest BCUT2D eigenvalue weighted by atomic mass is 16.5. The number of carbonyl (C=O) groups is 1. The molecule has 0 radical (unpaired) electrons. The molecule has 4 N–H and O–H groups in total. The Balaban J connectivity index is 2.10. The van der Waals surface area contributed by atoms with Crippen LogP contribution < -0.4 is 10.4 Å². The quantitative estimate of drug-likeness (QED) is 0.673. The fourth-order valence-corrected chi connectivity index (χ4v) is 2.50. The normalized spacial score (nSPS) is 13.6. The Hall–Kier alpha value is -2.39. The van der Waals surface area contributed by atoms with Crippen LogP contribution in [0.5, 0.6) is 5.75 Å². The van der Waals surface area contributed by atoms with E-state index in [1.807, 2.05) is 0 Å². The molecule has 2 aromatic rings. The Kier molecular flexibility index (Phi) is 3.82. The van der Waals surface area contributed by atoms with E-state index >= 15 is 0 Å². The monoisotopic (exact) mass is 302 g/mol. The van der Waals surface area contributed by atoms with Crippen LogP contribution in [0.1, 0.15) is 21.6 Å². The van der Waals surface area contributed by atoms with Gasteiger partial charge in [0, 0.05) is 6.42 Å². The van der Waals surface area contributed by atoms with Crippen LogP contribution in [0, 0.1) is 0 Å². The molecule has 0 atom stereocenters. The van der Waals surface area contributed by atoms with Gasteiger partial charge in [-0.05, 0) is 30.9 Å². The van der Waals surface area contributed by atoms with Gasteiger partial charge in [0.25, 0.3) is 0 Å². The van der Waals surface area contributed by atoms with Crippen molar-refractivity contribution in [1.82, 2.24) is 15.0 Å². The molecule has 0 saturated carbocycles. The number of benzene rings is 1. The third kappa shape index (κ3) is 2.56. The summed E-state index contributed by atoms with van der Waals surface area (Å²) in [5.74, 6) is -0.948. The molecule has 0 saturated heterocycles. The molecule has 1 aromatic carbocycles. The largest absolute Gasteiger partial charge is 0.535 e. The summed E-state index contributed by atoms with van der Waals surface area (Å²) in [5, 5.41) is 27.1. The van der Waals surface area contributed by atoms with Gasteiger partial charge in [-0.15, -0.1) is 5.10 Å². The summed E-state index contributed by atoms with van der Waals surface area (Å²) in [7, 11) is -0.996. The summed E-state index contributed by atoms with van der Waals surface area (Å²) in [4.78, 5) is 11.7. The number of hydrogen-bond donors (Lipinski definition) is 3. The number of nitrogens with zero attached hydrogens (tertiary/aromatic N) is 3. The summed E-state index contributed by atoms with van der Waals surface area (Å²) < 4.78 is 6.72. The van der Waals surface area contributed by atoms with E-state index in [-0.39, 0.29) is 11.3 Å². The molecule has 1 aromatic heterocycles. The van der Waals surface area contributed by atoms with Crippen LogP contribution in [-0.2, 0) is 12.8 Å². The highest BCUT2D eigenvalue weighted by molar-refractivity contribution is 6.44. The summed E-state index contributed by atoms with van der Waals surface area (Å²) in [5.41, 5.74) is 7.23. The number of aryl methyl sites for hydroxylation is 1. The van der Waals surface area contributed by atoms with Gasteiger partial charge in [-0.2, -0.15) is 0 Å². The first-order chi connectivity index (χ1) is 10.6. The highest BCUT2D eigenvalue weighted by Crippen LogP contribution is 2.34. The first-order valence-electron chi connectivity index (χ1n) is 6.95. The van der Waals surface area contributed by atoms with Crippen LogP contribution in [0.25, 0.3) is 5.69 Å². The Labute approximate surface area is 126 Å². The molecule has 0 aliphatic carbocycles. The van der Waals surface area contributed by atoms with E-state index in [2.05, 4.69) is 10.3 Å². The lowest BCUT2D eigenvalue weighted by molar-refractivity contribution is 0.0694. The zero-order valence-electron chi connectivity index (χ0n) is 11.8. The van der Waals surface area contributed by atoms with Crippen LogP contribution in [0.3, 0.4) is 0 Å². The van der Waals surface area contributed by atoms with Crippen molar-refractivity contribution in [2.75, 3.05) is 6.54 Å². The maximum Gasteiger partial charge on any atom is 0.522 e. The van der Waals surface area contributed by atoms with Crippen molar-refractivity contribution in [3.05, 3.63) is 35.2 Å². The van der Waals surface area contributed by atoms with Gasteiger partial charge in [0.15, 0.2) is 0 Å². The van der Waals surface area contributed by atoms with Gasteiger partial charge in [-0.1, -0.05) is 11.3 Å². The van der Waals surface area contributed by atoms with Gasteiger partial charge in [0.2, 0.25) is 0 Å². The number of carboxylic acids is 1. The number of hydrogen-bond acceptors (Lipinski definition) is 6. The molecule has 0 spiro atoms. The minimum absolute atomic E-state index is 0.0274. The van der Waals surface area contributed by atoms with Crippen LogP contribution in [0.2, 0.25) is 6.32 Å². The Morgan fingerprint density at radius 2 is 2.32 bits per heavy atom. The number of carboxylic acid groups (broad SMARTS) is 1. The van der Waals surface area contributed by atoms with Crippen LogP contribution >= 0.6 is 0 Å². The molecule has 0 fully saturated rings. The van der Waals surface area contributed by atoms with E-state index in [9.17, 15) is 14.9 Å². The van der Waals surface area contributed by atoms with Crippen LogP contribution in [-0.4, -0.2) is 44.8 Å². The van der Waals surface area contributed by atoms with Crippen molar-refractivity contribution in [2.45, 2.75) is 19.2 Å². The topological polar surface area (TPSA) is 123 Å². The second-order valence-corrected chi connectivity index (χ2v) is 5.06. The van der Waals surface area contributed by atoms with E-state index in [1.165, 1.54) is 4.68 Å². The van der Waals surface area contributed by atoms with E-state index < -0.39 is 13.1 Å². The van der Waals surface area contributed by atoms with Gasteiger partial charge in [0.05, 0.1) is 17.6 Å². The zero-order valence-corrected chi connectivity index (χ0v) is 11.8. The summed E-state index contributed by atoms with van der Waals surface area (Å²) in [6.45, 7) is 0.434. The number of aromatic carboxylic acids is 1. The molecule has 9 heteroatoms. The molecule has 1 aliphatic heterocycles. The zero-order chi connectivity index (χ0) is 15.7. The fourth-order valence-electron chi connectivity index (χ4n) is 2.50. The molecular weight excluding hydrogens is 287 g/mol. The molecule has 3 rings (SSSR count). The molecule has 0 unspecified atom stereocenters. The van der Waals surface area contributed by atoms with Crippen LogP contribution in [0.15, 0.2) is 18.3 Å². The number of rotatable bonds is 4. The van der Waals surface area contributed by atoms with Crippen molar-refractivity contribution in [2.24, 2.45) is 5.73 Å². The summed E-state index contributed by atoms with van der Waals surface area (Å²) in [6, 6.07) is 3.46. The molecule has 1 aliphatic rings.